The number of aliphatic hydroxyl groups excluding tert-OH is 1. The number of aliphatic hydroxyl groups is 1. The van der Waals surface area contributed by atoms with Gasteiger partial charge in [0.25, 0.3) is 0 Å². The van der Waals surface area contributed by atoms with Crippen LogP contribution < -0.4 is 0 Å². The van der Waals surface area contributed by atoms with Crippen LogP contribution in [-0.2, 0) is 0 Å². The van der Waals surface area contributed by atoms with E-state index in [1.165, 1.54) is 11.3 Å². The SMILES string of the molecule is OC(c1cc(Cl)c(Br)s1)c1cc(Cl)ccc1Cl. The first-order chi connectivity index (χ1) is 7.99. The molecule has 1 N–H and O–H groups in total. The number of hydrogen-bond donors (Lipinski definition) is 1. The Morgan fingerprint density at radius 3 is 2.41 bits per heavy atom. The Bertz CT molecular complexity index is 536. The molecule has 0 fully saturated rings. The summed E-state index contributed by atoms with van der Waals surface area (Å²) in [6.07, 6.45) is -0.824. The van der Waals surface area contributed by atoms with Gasteiger partial charge >= 0.3 is 0 Å². The van der Waals surface area contributed by atoms with Gasteiger partial charge in [-0.15, -0.1) is 11.3 Å². The second kappa shape index (κ2) is 5.47. The molecule has 1 aromatic heterocycles. The first-order valence-electron chi connectivity index (χ1n) is 4.57. The first-order valence-corrected chi connectivity index (χ1v) is 7.31. The van der Waals surface area contributed by atoms with Gasteiger partial charge in [0.15, 0.2) is 0 Å². The maximum atomic E-state index is 10.2. The molecule has 1 unspecified atom stereocenters. The Hall–Kier alpha value is 0.230. The fourth-order valence-electron chi connectivity index (χ4n) is 1.38. The van der Waals surface area contributed by atoms with Gasteiger partial charge in [-0.25, -0.2) is 0 Å². The van der Waals surface area contributed by atoms with E-state index in [0.29, 0.717) is 25.5 Å². The smallest absolute Gasteiger partial charge is 0.115 e. The van der Waals surface area contributed by atoms with E-state index < -0.39 is 6.10 Å². The monoisotopic (exact) mass is 370 g/mol. The third-order valence-electron chi connectivity index (χ3n) is 2.19. The minimum absolute atomic E-state index is 0.475. The van der Waals surface area contributed by atoms with E-state index in [4.69, 9.17) is 34.8 Å². The molecule has 1 atom stereocenters. The average Bonchev–Trinajstić information content (AvgIpc) is 2.62. The fourth-order valence-corrected chi connectivity index (χ4v) is 3.53. The number of benzene rings is 1. The molecule has 0 aliphatic heterocycles. The van der Waals surface area contributed by atoms with E-state index >= 15 is 0 Å². The van der Waals surface area contributed by atoms with Gasteiger partial charge < -0.3 is 5.11 Å². The molecule has 0 bridgehead atoms. The number of halogens is 4. The van der Waals surface area contributed by atoms with Crippen molar-refractivity contribution in [2.75, 3.05) is 0 Å². The minimum Gasteiger partial charge on any atom is -0.383 e. The van der Waals surface area contributed by atoms with Gasteiger partial charge in [-0.1, -0.05) is 34.8 Å². The summed E-state index contributed by atoms with van der Waals surface area (Å²) in [5, 5.41) is 11.8. The molecule has 0 saturated heterocycles. The highest BCUT2D eigenvalue weighted by Crippen LogP contribution is 2.39. The lowest BCUT2D eigenvalue weighted by atomic mass is 10.1. The summed E-state index contributed by atoms with van der Waals surface area (Å²) in [6, 6.07) is 6.69. The van der Waals surface area contributed by atoms with E-state index in [1.807, 2.05) is 0 Å². The first kappa shape index (κ1) is 13.7. The maximum absolute atomic E-state index is 10.2. The Morgan fingerprint density at radius 2 is 1.82 bits per heavy atom. The molecule has 0 radical (unpaired) electrons. The van der Waals surface area contributed by atoms with Crippen LogP contribution >= 0.6 is 62.1 Å². The van der Waals surface area contributed by atoms with Crippen LogP contribution in [0.15, 0.2) is 28.1 Å². The largest absolute Gasteiger partial charge is 0.383 e. The van der Waals surface area contributed by atoms with Crippen LogP contribution in [-0.4, -0.2) is 5.11 Å². The van der Waals surface area contributed by atoms with Crippen molar-refractivity contribution in [1.82, 2.24) is 0 Å². The molecule has 1 aromatic carbocycles. The summed E-state index contributed by atoms with van der Waals surface area (Å²) in [5.74, 6) is 0. The van der Waals surface area contributed by atoms with Crippen LogP contribution in [0, 0.1) is 0 Å². The van der Waals surface area contributed by atoms with Gasteiger partial charge in [0, 0.05) is 20.5 Å². The van der Waals surface area contributed by atoms with E-state index in [2.05, 4.69) is 15.9 Å². The molecule has 2 rings (SSSR count). The normalized spacial score (nSPS) is 12.8. The highest BCUT2D eigenvalue weighted by molar-refractivity contribution is 9.11. The molecule has 0 aliphatic rings. The molecule has 90 valence electrons. The van der Waals surface area contributed by atoms with Crippen molar-refractivity contribution in [2.24, 2.45) is 0 Å². The summed E-state index contributed by atoms with van der Waals surface area (Å²) in [7, 11) is 0. The van der Waals surface area contributed by atoms with Crippen molar-refractivity contribution in [2.45, 2.75) is 6.10 Å². The van der Waals surface area contributed by atoms with E-state index in [9.17, 15) is 5.11 Å². The van der Waals surface area contributed by atoms with Crippen molar-refractivity contribution in [3.05, 3.63) is 53.6 Å². The summed E-state index contributed by atoms with van der Waals surface area (Å²) in [6.45, 7) is 0. The van der Waals surface area contributed by atoms with E-state index in [0.717, 1.165) is 3.79 Å². The third-order valence-corrected chi connectivity index (χ3v) is 5.29. The van der Waals surface area contributed by atoms with Gasteiger partial charge in [0.1, 0.15) is 6.10 Å². The van der Waals surface area contributed by atoms with E-state index in [1.54, 1.807) is 24.3 Å². The average molecular weight is 372 g/mol. The molecule has 0 spiro atoms. The van der Waals surface area contributed by atoms with Crippen molar-refractivity contribution in [1.29, 1.82) is 0 Å². The Morgan fingerprint density at radius 1 is 1.12 bits per heavy atom. The predicted octanol–water partition coefficient (Wildman–Crippen LogP) is 5.55. The highest BCUT2D eigenvalue weighted by Gasteiger charge is 2.18. The van der Waals surface area contributed by atoms with Crippen molar-refractivity contribution in [3.63, 3.8) is 0 Å². The van der Waals surface area contributed by atoms with Crippen molar-refractivity contribution < 1.29 is 5.11 Å². The van der Waals surface area contributed by atoms with Gasteiger partial charge in [-0.3, -0.25) is 0 Å². The molecule has 6 heteroatoms. The Balaban J connectivity index is 2.42. The van der Waals surface area contributed by atoms with Gasteiger partial charge in [-0.2, -0.15) is 0 Å². The molecule has 17 heavy (non-hydrogen) atoms. The Kier molecular flexibility index (Phi) is 4.40. The predicted molar refractivity (Wildman–Crippen MR) is 77.6 cm³/mol. The fraction of sp³-hybridized carbons (Fsp3) is 0.0909. The lowest BCUT2D eigenvalue weighted by Crippen LogP contribution is -1.97. The summed E-state index contributed by atoms with van der Waals surface area (Å²) in [4.78, 5) is 0.714. The second-order valence-corrected chi connectivity index (χ2v) is 6.99. The topological polar surface area (TPSA) is 20.2 Å². The van der Waals surface area contributed by atoms with Crippen LogP contribution in [0.2, 0.25) is 15.1 Å². The molecule has 1 nitrogen and oxygen atoms in total. The van der Waals surface area contributed by atoms with Crippen LogP contribution in [0.4, 0.5) is 0 Å². The van der Waals surface area contributed by atoms with Crippen LogP contribution in [0.25, 0.3) is 0 Å². The van der Waals surface area contributed by atoms with Crippen LogP contribution in [0.3, 0.4) is 0 Å². The molecule has 2 aromatic rings. The van der Waals surface area contributed by atoms with Gasteiger partial charge in [0.05, 0.1) is 8.81 Å². The van der Waals surface area contributed by atoms with Crippen LogP contribution in [0.1, 0.15) is 16.5 Å². The molecular formula is C11H6BrCl3OS. The lowest BCUT2D eigenvalue weighted by molar-refractivity contribution is 0.224. The maximum Gasteiger partial charge on any atom is 0.115 e. The summed E-state index contributed by atoms with van der Waals surface area (Å²) in [5.41, 5.74) is 0.574. The standard InChI is InChI=1S/C11H6BrCl3OS/c12-11-8(15)4-9(17-11)10(16)6-3-5(13)1-2-7(6)14/h1-4,10,16H. The zero-order valence-corrected chi connectivity index (χ0v) is 12.9. The van der Waals surface area contributed by atoms with E-state index in [-0.39, 0.29) is 0 Å². The zero-order chi connectivity index (χ0) is 12.6. The number of hydrogen-bond acceptors (Lipinski definition) is 2. The quantitative estimate of drug-likeness (QED) is 0.732. The molecule has 0 amide bonds. The lowest BCUT2D eigenvalue weighted by Gasteiger charge is -2.11. The van der Waals surface area contributed by atoms with Gasteiger partial charge in [0.2, 0.25) is 0 Å². The van der Waals surface area contributed by atoms with Crippen molar-refractivity contribution in [3.8, 4) is 0 Å². The number of thiophene rings is 1. The zero-order valence-electron chi connectivity index (χ0n) is 8.25. The second-order valence-electron chi connectivity index (χ2n) is 3.34. The van der Waals surface area contributed by atoms with Crippen molar-refractivity contribution >= 4 is 62.1 Å². The molecular weight excluding hydrogens is 366 g/mol. The molecule has 0 saturated carbocycles. The summed E-state index contributed by atoms with van der Waals surface area (Å²) >= 11 is 22.5. The molecule has 0 aliphatic carbocycles. The van der Waals surface area contributed by atoms with Gasteiger partial charge in [-0.05, 0) is 40.2 Å². The third kappa shape index (κ3) is 2.98. The molecule has 1 heterocycles. The Labute approximate surface area is 126 Å². The van der Waals surface area contributed by atoms with Crippen LogP contribution in [0.5, 0.6) is 0 Å². The number of rotatable bonds is 2. The minimum atomic E-state index is -0.824. The highest BCUT2D eigenvalue weighted by atomic mass is 79.9. The summed E-state index contributed by atoms with van der Waals surface area (Å²) < 4.78 is 0.784.